The van der Waals surface area contributed by atoms with Gasteiger partial charge in [-0.05, 0) is 55.8 Å². The number of sulfonamides is 1. The van der Waals surface area contributed by atoms with Crippen LogP contribution in [0.1, 0.15) is 29.8 Å². The number of hydrogen-bond acceptors (Lipinski definition) is 6. The molecule has 0 heterocycles. The predicted octanol–water partition coefficient (Wildman–Crippen LogP) is 2.81. The number of Topliss-reactive ketones (excluding diaryl/α,β-unsaturated/α-hetero) is 1. The second-order valence-electron chi connectivity index (χ2n) is 6.20. The van der Waals surface area contributed by atoms with Gasteiger partial charge in [0.05, 0.1) is 19.3 Å². The summed E-state index contributed by atoms with van der Waals surface area (Å²) in [5, 5.41) is 0. The zero-order valence-electron chi connectivity index (χ0n) is 16.0. The first kappa shape index (κ1) is 21.4. The average molecular weight is 405 g/mol. The second kappa shape index (κ2) is 9.36. The highest BCUT2D eigenvalue weighted by molar-refractivity contribution is 7.92. The zero-order valence-corrected chi connectivity index (χ0v) is 16.8. The molecule has 0 aliphatic rings. The Bertz CT molecular complexity index is 920. The number of benzene rings is 2. The van der Waals surface area contributed by atoms with Crippen molar-refractivity contribution in [3.05, 3.63) is 59.7 Å². The first-order valence-electron chi connectivity index (χ1n) is 8.71. The fourth-order valence-electron chi connectivity index (χ4n) is 2.48. The minimum absolute atomic E-state index is 0.0429. The molecule has 1 unspecified atom stereocenters. The van der Waals surface area contributed by atoms with Crippen LogP contribution in [0.3, 0.4) is 0 Å². The lowest BCUT2D eigenvalue weighted by Gasteiger charge is -2.13. The topological polar surface area (TPSA) is 98.8 Å². The van der Waals surface area contributed by atoms with Gasteiger partial charge < -0.3 is 9.47 Å². The summed E-state index contributed by atoms with van der Waals surface area (Å²) in [6.07, 6.45) is 0.128. The Morgan fingerprint density at radius 2 is 1.64 bits per heavy atom. The van der Waals surface area contributed by atoms with E-state index in [9.17, 15) is 18.0 Å². The SMILES string of the molecule is CCOc1ccc(CC(=O)OC(C)C(=O)c2ccc(NS(C)(=O)=O)cc2)cc1. The van der Waals surface area contributed by atoms with Crippen molar-refractivity contribution in [3.63, 3.8) is 0 Å². The zero-order chi connectivity index (χ0) is 20.7. The maximum absolute atomic E-state index is 12.4. The molecule has 0 fully saturated rings. The molecule has 0 aliphatic heterocycles. The van der Waals surface area contributed by atoms with Crippen LogP contribution in [0.25, 0.3) is 0 Å². The minimum atomic E-state index is -3.39. The van der Waals surface area contributed by atoms with Crippen LogP contribution in [0.15, 0.2) is 48.5 Å². The van der Waals surface area contributed by atoms with E-state index < -0.39 is 22.1 Å². The van der Waals surface area contributed by atoms with Crippen molar-refractivity contribution in [1.82, 2.24) is 0 Å². The van der Waals surface area contributed by atoms with Gasteiger partial charge in [-0.3, -0.25) is 14.3 Å². The molecule has 0 spiro atoms. The molecule has 0 aliphatic carbocycles. The molecule has 8 heteroatoms. The number of esters is 1. The number of ketones is 1. The number of anilines is 1. The van der Waals surface area contributed by atoms with E-state index >= 15 is 0 Å². The quantitative estimate of drug-likeness (QED) is 0.509. The lowest BCUT2D eigenvalue weighted by atomic mass is 10.1. The Morgan fingerprint density at radius 3 is 2.18 bits per heavy atom. The van der Waals surface area contributed by atoms with Gasteiger partial charge >= 0.3 is 5.97 Å². The van der Waals surface area contributed by atoms with E-state index in [4.69, 9.17) is 9.47 Å². The second-order valence-corrected chi connectivity index (χ2v) is 7.95. The summed E-state index contributed by atoms with van der Waals surface area (Å²) in [7, 11) is -3.39. The van der Waals surface area contributed by atoms with Crippen molar-refractivity contribution < 1.29 is 27.5 Å². The summed E-state index contributed by atoms with van der Waals surface area (Å²) in [4.78, 5) is 24.5. The maximum atomic E-state index is 12.4. The first-order valence-corrected chi connectivity index (χ1v) is 10.6. The molecule has 7 nitrogen and oxygen atoms in total. The standard InChI is InChI=1S/C20H23NO6S/c1-4-26-18-11-5-15(6-12-18)13-19(22)27-14(2)20(23)16-7-9-17(10-8-16)21-28(3,24)25/h5-12,14,21H,4,13H2,1-3H3. The van der Waals surface area contributed by atoms with Gasteiger partial charge in [0.25, 0.3) is 0 Å². The summed E-state index contributed by atoms with van der Waals surface area (Å²) in [6, 6.07) is 13.0. The average Bonchev–Trinajstić information content (AvgIpc) is 2.62. The number of ether oxygens (including phenoxy) is 2. The Labute approximate surface area is 164 Å². The van der Waals surface area contributed by atoms with Gasteiger partial charge in [0.15, 0.2) is 6.10 Å². The van der Waals surface area contributed by atoms with Crippen molar-refractivity contribution in [2.45, 2.75) is 26.4 Å². The normalized spacial score (nSPS) is 12.1. The third kappa shape index (κ3) is 6.70. The molecular weight excluding hydrogens is 382 g/mol. The fourth-order valence-corrected chi connectivity index (χ4v) is 3.04. The number of carbonyl (C=O) groups excluding carboxylic acids is 2. The van der Waals surface area contributed by atoms with E-state index in [1.54, 1.807) is 24.3 Å². The van der Waals surface area contributed by atoms with Crippen molar-refractivity contribution >= 4 is 27.5 Å². The van der Waals surface area contributed by atoms with Crippen LogP contribution in [0, 0.1) is 0 Å². The van der Waals surface area contributed by atoms with Crippen LogP contribution in [0.4, 0.5) is 5.69 Å². The van der Waals surface area contributed by atoms with Crippen molar-refractivity contribution in [3.8, 4) is 5.75 Å². The lowest BCUT2D eigenvalue weighted by Crippen LogP contribution is -2.25. The van der Waals surface area contributed by atoms with Gasteiger partial charge in [-0.25, -0.2) is 8.42 Å². The molecule has 0 saturated heterocycles. The summed E-state index contributed by atoms with van der Waals surface area (Å²) in [6.45, 7) is 3.95. The Morgan fingerprint density at radius 1 is 1.04 bits per heavy atom. The van der Waals surface area contributed by atoms with E-state index in [2.05, 4.69) is 4.72 Å². The third-order valence-corrected chi connectivity index (χ3v) is 4.34. The lowest BCUT2D eigenvalue weighted by molar-refractivity contribution is -0.145. The molecule has 0 saturated carbocycles. The van der Waals surface area contributed by atoms with Gasteiger partial charge in [-0.2, -0.15) is 0 Å². The van der Waals surface area contributed by atoms with Gasteiger partial charge in [0, 0.05) is 11.3 Å². The maximum Gasteiger partial charge on any atom is 0.310 e. The molecule has 2 rings (SSSR count). The number of rotatable bonds is 9. The third-order valence-electron chi connectivity index (χ3n) is 3.73. The van der Waals surface area contributed by atoms with Crippen molar-refractivity contribution in [2.75, 3.05) is 17.6 Å². The van der Waals surface area contributed by atoms with Gasteiger partial charge in [0.2, 0.25) is 15.8 Å². The number of carbonyl (C=O) groups is 2. The van der Waals surface area contributed by atoms with Crippen LogP contribution in [-0.4, -0.2) is 39.1 Å². The largest absolute Gasteiger partial charge is 0.494 e. The molecule has 28 heavy (non-hydrogen) atoms. The van der Waals surface area contributed by atoms with Gasteiger partial charge in [-0.1, -0.05) is 12.1 Å². The van der Waals surface area contributed by atoms with Crippen molar-refractivity contribution in [2.24, 2.45) is 0 Å². The summed E-state index contributed by atoms with van der Waals surface area (Å²) in [5.74, 6) is -0.164. The molecule has 0 bridgehead atoms. The summed E-state index contributed by atoms with van der Waals surface area (Å²) >= 11 is 0. The molecule has 150 valence electrons. The Balaban J connectivity index is 1.92. The molecule has 0 aromatic heterocycles. The molecule has 0 amide bonds. The number of hydrogen-bond donors (Lipinski definition) is 1. The molecule has 1 atom stereocenters. The van der Waals surface area contributed by atoms with Crippen LogP contribution < -0.4 is 9.46 Å². The predicted molar refractivity (Wildman–Crippen MR) is 106 cm³/mol. The molecule has 1 N–H and O–H groups in total. The number of nitrogens with one attached hydrogen (secondary N) is 1. The van der Waals surface area contributed by atoms with Crippen LogP contribution in [0.2, 0.25) is 0 Å². The summed E-state index contributed by atoms with van der Waals surface area (Å²) in [5.41, 5.74) is 1.42. The Hall–Kier alpha value is -2.87. The smallest absolute Gasteiger partial charge is 0.310 e. The summed E-state index contributed by atoms with van der Waals surface area (Å²) < 4.78 is 35.3. The van der Waals surface area contributed by atoms with Crippen molar-refractivity contribution in [1.29, 1.82) is 0 Å². The van der Waals surface area contributed by atoms with E-state index in [0.717, 1.165) is 17.6 Å². The minimum Gasteiger partial charge on any atom is -0.494 e. The van der Waals surface area contributed by atoms with E-state index in [1.807, 2.05) is 6.92 Å². The monoisotopic (exact) mass is 405 g/mol. The van der Waals surface area contributed by atoms with Crippen LogP contribution >= 0.6 is 0 Å². The van der Waals surface area contributed by atoms with Crippen LogP contribution in [-0.2, 0) is 26.0 Å². The molecule has 2 aromatic carbocycles. The van der Waals surface area contributed by atoms with E-state index in [0.29, 0.717) is 17.9 Å². The van der Waals surface area contributed by atoms with E-state index in [-0.39, 0.29) is 12.2 Å². The molecule has 0 radical (unpaired) electrons. The highest BCUT2D eigenvalue weighted by atomic mass is 32.2. The van der Waals surface area contributed by atoms with E-state index in [1.165, 1.54) is 31.2 Å². The first-order chi connectivity index (χ1) is 13.2. The van der Waals surface area contributed by atoms with Gasteiger partial charge in [-0.15, -0.1) is 0 Å². The molecule has 2 aromatic rings. The van der Waals surface area contributed by atoms with Crippen LogP contribution in [0.5, 0.6) is 5.75 Å². The fraction of sp³-hybridized carbons (Fsp3) is 0.300. The molecular formula is C20H23NO6S. The Kier molecular flexibility index (Phi) is 7.17. The highest BCUT2D eigenvalue weighted by Gasteiger charge is 2.20. The highest BCUT2D eigenvalue weighted by Crippen LogP contribution is 2.15. The van der Waals surface area contributed by atoms with Gasteiger partial charge in [0.1, 0.15) is 5.75 Å².